The maximum Gasteiger partial charge on any atom is 0.00977 e. The van der Waals surface area contributed by atoms with Gasteiger partial charge in [0.15, 0.2) is 0 Å². The molecular formula is C11H15Br. The summed E-state index contributed by atoms with van der Waals surface area (Å²) in [6, 6.07) is 6.48. The molecule has 1 rings (SSSR count). The van der Waals surface area contributed by atoms with Crippen LogP contribution < -0.4 is 0 Å². The highest BCUT2D eigenvalue weighted by Gasteiger charge is 2.08. The summed E-state index contributed by atoms with van der Waals surface area (Å²) in [4.78, 5) is 0. The number of alkyl halides is 1. The molecule has 0 amide bonds. The first-order valence-corrected chi connectivity index (χ1v) is 5.41. The van der Waals surface area contributed by atoms with Gasteiger partial charge in [-0.15, -0.1) is 0 Å². The Balaban J connectivity index is 3.12. The minimum absolute atomic E-state index is 0.617. The summed E-state index contributed by atoms with van der Waals surface area (Å²) in [5, 5.41) is 1.04. The van der Waals surface area contributed by atoms with Crippen molar-refractivity contribution in [3.8, 4) is 0 Å². The molecule has 0 nitrogen and oxygen atoms in total. The van der Waals surface area contributed by atoms with Crippen molar-refractivity contribution >= 4 is 15.9 Å². The van der Waals surface area contributed by atoms with Gasteiger partial charge >= 0.3 is 0 Å². The summed E-state index contributed by atoms with van der Waals surface area (Å²) >= 11 is 3.52. The van der Waals surface area contributed by atoms with Crippen LogP contribution in [0.5, 0.6) is 0 Å². The second-order valence-electron chi connectivity index (χ2n) is 3.36. The van der Waals surface area contributed by atoms with Crippen molar-refractivity contribution in [2.24, 2.45) is 0 Å². The monoisotopic (exact) mass is 226 g/mol. The van der Waals surface area contributed by atoms with Crippen LogP contribution >= 0.6 is 15.9 Å². The van der Waals surface area contributed by atoms with E-state index >= 15 is 0 Å². The Morgan fingerprint density at radius 2 is 1.75 bits per heavy atom. The molecule has 1 heteroatoms. The van der Waals surface area contributed by atoms with Crippen LogP contribution in [0.2, 0.25) is 0 Å². The fourth-order valence-corrected chi connectivity index (χ4v) is 2.01. The zero-order valence-corrected chi connectivity index (χ0v) is 9.48. The highest BCUT2D eigenvalue weighted by Crippen LogP contribution is 2.24. The first-order chi connectivity index (χ1) is 5.66. The van der Waals surface area contributed by atoms with Crippen LogP contribution in [-0.2, 0) is 0 Å². The third kappa shape index (κ3) is 1.89. The van der Waals surface area contributed by atoms with Crippen LogP contribution in [0.15, 0.2) is 18.2 Å². The van der Waals surface area contributed by atoms with Crippen LogP contribution in [0.1, 0.15) is 29.5 Å². The van der Waals surface area contributed by atoms with Gasteiger partial charge in [-0.25, -0.2) is 0 Å². The van der Waals surface area contributed by atoms with Crippen LogP contribution in [0, 0.1) is 13.8 Å². The topological polar surface area (TPSA) is 0 Å². The summed E-state index contributed by atoms with van der Waals surface area (Å²) in [6.45, 7) is 6.62. The first kappa shape index (κ1) is 9.79. The van der Waals surface area contributed by atoms with Crippen molar-refractivity contribution in [2.45, 2.75) is 26.7 Å². The predicted molar refractivity (Wildman–Crippen MR) is 58.1 cm³/mol. The minimum atomic E-state index is 0.617. The van der Waals surface area contributed by atoms with Crippen molar-refractivity contribution in [1.82, 2.24) is 0 Å². The zero-order valence-electron chi connectivity index (χ0n) is 7.89. The van der Waals surface area contributed by atoms with Gasteiger partial charge in [0.2, 0.25) is 0 Å². The second-order valence-corrected chi connectivity index (χ2v) is 4.01. The van der Waals surface area contributed by atoms with Crippen LogP contribution in [0.4, 0.5) is 0 Å². The van der Waals surface area contributed by atoms with Gasteiger partial charge in [0.05, 0.1) is 0 Å². The molecule has 0 aliphatic heterocycles. The molecule has 0 spiro atoms. The van der Waals surface area contributed by atoms with Gasteiger partial charge in [0.1, 0.15) is 0 Å². The van der Waals surface area contributed by atoms with E-state index in [0.29, 0.717) is 5.92 Å². The molecular weight excluding hydrogens is 212 g/mol. The van der Waals surface area contributed by atoms with Crippen molar-refractivity contribution in [3.63, 3.8) is 0 Å². The Hall–Kier alpha value is -0.300. The second kappa shape index (κ2) is 4.08. The van der Waals surface area contributed by atoms with Gasteiger partial charge in [-0.05, 0) is 36.5 Å². The molecule has 1 aromatic rings. The Morgan fingerprint density at radius 3 is 2.17 bits per heavy atom. The fourth-order valence-electron chi connectivity index (χ4n) is 1.68. The van der Waals surface area contributed by atoms with Gasteiger partial charge < -0.3 is 0 Å². The Kier molecular flexibility index (Phi) is 3.33. The molecule has 0 aromatic heterocycles. The van der Waals surface area contributed by atoms with Gasteiger partial charge in [-0.3, -0.25) is 0 Å². The van der Waals surface area contributed by atoms with Crippen LogP contribution in [0.25, 0.3) is 0 Å². The molecule has 1 aromatic carbocycles. The summed E-state index contributed by atoms with van der Waals surface area (Å²) in [6.07, 6.45) is 0. The predicted octanol–water partition coefficient (Wildman–Crippen LogP) is 3.80. The number of halogens is 1. The molecule has 0 bridgehead atoms. The Bertz CT molecular complexity index is 245. The summed E-state index contributed by atoms with van der Waals surface area (Å²) < 4.78 is 0. The van der Waals surface area contributed by atoms with Crippen molar-refractivity contribution in [1.29, 1.82) is 0 Å². The molecule has 0 saturated carbocycles. The average molecular weight is 227 g/mol. The van der Waals surface area contributed by atoms with E-state index in [1.165, 1.54) is 16.7 Å². The number of hydrogen-bond acceptors (Lipinski definition) is 0. The normalized spacial score (nSPS) is 13.0. The van der Waals surface area contributed by atoms with E-state index < -0.39 is 0 Å². The molecule has 0 heterocycles. The largest absolute Gasteiger partial charge is 0.0922 e. The van der Waals surface area contributed by atoms with E-state index in [-0.39, 0.29) is 0 Å². The molecule has 0 aliphatic rings. The fraction of sp³-hybridized carbons (Fsp3) is 0.455. The maximum atomic E-state index is 3.52. The quantitative estimate of drug-likeness (QED) is 0.674. The number of aryl methyl sites for hydroxylation is 2. The number of benzene rings is 1. The first-order valence-electron chi connectivity index (χ1n) is 4.29. The van der Waals surface area contributed by atoms with Gasteiger partial charge in [-0.2, -0.15) is 0 Å². The highest BCUT2D eigenvalue weighted by atomic mass is 79.9. The molecule has 1 atom stereocenters. The number of rotatable bonds is 2. The summed E-state index contributed by atoms with van der Waals surface area (Å²) in [5.74, 6) is 0.617. The Morgan fingerprint density at radius 1 is 1.25 bits per heavy atom. The highest BCUT2D eigenvalue weighted by molar-refractivity contribution is 9.09. The smallest absolute Gasteiger partial charge is 0.00977 e. The number of hydrogen-bond donors (Lipinski definition) is 0. The molecule has 66 valence electrons. The third-order valence-corrected chi connectivity index (χ3v) is 3.24. The molecule has 1 unspecified atom stereocenters. The van der Waals surface area contributed by atoms with Gasteiger partial charge in [0, 0.05) is 5.33 Å². The van der Waals surface area contributed by atoms with E-state index in [2.05, 4.69) is 54.9 Å². The summed E-state index contributed by atoms with van der Waals surface area (Å²) in [5.41, 5.74) is 4.30. The lowest BCUT2D eigenvalue weighted by Gasteiger charge is -2.14. The van der Waals surface area contributed by atoms with Gasteiger partial charge in [0.25, 0.3) is 0 Å². The van der Waals surface area contributed by atoms with Crippen molar-refractivity contribution in [2.75, 3.05) is 5.33 Å². The van der Waals surface area contributed by atoms with E-state index in [4.69, 9.17) is 0 Å². The summed E-state index contributed by atoms with van der Waals surface area (Å²) in [7, 11) is 0. The average Bonchev–Trinajstić information content (AvgIpc) is 2.03. The third-order valence-electron chi connectivity index (χ3n) is 2.27. The van der Waals surface area contributed by atoms with Crippen molar-refractivity contribution in [3.05, 3.63) is 34.9 Å². The maximum absolute atomic E-state index is 3.52. The van der Waals surface area contributed by atoms with Gasteiger partial charge in [-0.1, -0.05) is 41.1 Å². The molecule has 0 radical (unpaired) electrons. The molecule has 0 fully saturated rings. The zero-order chi connectivity index (χ0) is 9.14. The Labute approximate surface area is 83.1 Å². The lowest BCUT2D eigenvalue weighted by Crippen LogP contribution is -2.00. The van der Waals surface area contributed by atoms with Crippen molar-refractivity contribution < 1.29 is 0 Å². The van der Waals surface area contributed by atoms with Crippen LogP contribution in [-0.4, -0.2) is 5.33 Å². The van der Waals surface area contributed by atoms with Crippen LogP contribution in [0.3, 0.4) is 0 Å². The molecule has 0 aliphatic carbocycles. The molecule has 12 heavy (non-hydrogen) atoms. The lowest BCUT2D eigenvalue weighted by atomic mass is 9.93. The standard InChI is InChI=1S/C11H15Br/c1-8-5-4-6-9(2)11(8)10(3)7-12/h4-6,10H,7H2,1-3H3. The molecule has 0 saturated heterocycles. The van der Waals surface area contributed by atoms with E-state index in [0.717, 1.165) is 5.33 Å². The minimum Gasteiger partial charge on any atom is -0.0922 e. The lowest BCUT2D eigenvalue weighted by molar-refractivity contribution is 0.866. The van der Waals surface area contributed by atoms with E-state index in [1.54, 1.807) is 0 Å². The SMILES string of the molecule is Cc1cccc(C)c1C(C)CBr. The van der Waals surface area contributed by atoms with E-state index in [1.807, 2.05) is 0 Å². The van der Waals surface area contributed by atoms with E-state index in [9.17, 15) is 0 Å². The molecule has 0 N–H and O–H groups in total.